The summed E-state index contributed by atoms with van der Waals surface area (Å²) in [4.78, 5) is 14.3. The van der Waals surface area contributed by atoms with Crippen molar-refractivity contribution < 1.29 is 4.79 Å². The van der Waals surface area contributed by atoms with Gasteiger partial charge in [0.2, 0.25) is 0 Å². The molecule has 108 valence electrons. The largest absolute Gasteiger partial charge is 0.384 e. The molecule has 0 bridgehead atoms. The van der Waals surface area contributed by atoms with Crippen LogP contribution in [0.5, 0.6) is 0 Å². The summed E-state index contributed by atoms with van der Waals surface area (Å²) in [6, 6.07) is 1.67. The zero-order valence-corrected chi connectivity index (χ0v) is 12.7. The Kier molecular flexibility index (Phi) is 4.97. The van der Waals surface area contributed by atoms with Gasteiger partial charge in [0.15, 0.2) is 5.69 Å². The Morgan fingerprint density at radius 1 is 1.32 bits per heavy atom. The van der Waals surface area contributed by atoms with Gasteiger partial charge in [-0.25, -0.2) is 4.68 Å². The molecule has 1 aromatic rings. The highest BCUT2D eigenvalue weighted by atomic mass is 16.2. The standard InChI is InChI=1S/C14H26N4O/c1-6-8-17(9-7-2)13(19)11-10-12(15)18(16-11)14(3,4)5/h10H,6-9,15H2,1-5H3. The molecule has 2 N–H and O–H groups in total. The fourth-order valence-corrected chi connectivity index (χ4v) is 2.05. The molecule has 0 aliphatic rings. The topological polar surface area (TPSA) is 64.2 Å². The maximum atomic E-state index is 12.4. The maximum Gasteiger partial charge on any atom is 0.274 e. The molecule has 0 aliphatic heterocycles. The van der Waals surface area contributed by atoms with Crippen LogP contribution in [0, 0.1) is 0 Å². The predicted octanol–water partition coefficient (Wildman–Crippen LogP) is 2.48. The van der Waals surface area contributed by atoms with Gasteiger partial charge in [-0.1, -0.05) is 13.8 Å². The summed E-state index contributed by atoms with van der Waals surface area (Å²) in [5.41, 5.74) is 6.16. The van der Waals surface area contributed by atoms with Gasteiger partial charge in [-0.05, 0) is 33.6 Å². The molecule has 0 atom stereocenters. The van der Waals surface area contributed by atoms with Crippen LogP contribution in [-0.4, -0.2) is 33.7 Å². The molecule has 5 nitrogen and oxygen atoms in total. The molecule has 0 saturated heterocycles. The summed E-state index contributed by atoms with van der Waals surface area (Å²) in [5.74, 6) is 0.502. The smallest absolute Gasteiger partial charge is 0.274 e. The van der Waals surface area contributed by atoms with Crippen LogP contribution < -0.4 is 5.73 Å². The molecule has 1 rings (SSSR count). The summed E-state index contributed by atoms with van der Waals surface area (Å²) >= 11 is 0. The summed E-state index contributed by atoms with van der Waals surface area (Å²) in [6.07, 6.45) is 1.89. The Bertz CT molecular complexity index is 425. The molecule has 1 amide bonds. The van der Waals surface area contributed by atoms with Gasteiger partial charge in [0.05, 0.1) is 5.54 Å². The Morgan fingerprint density at radius 2 is 1.84 bits per heavy atom. The van der Waals surface area contributed by atoms with Crippen molar-refractivity contribution in [3.63, 3.8) is 0 Å². The quantitative estimate of drug-likeness (QED) is 0.890. The van der Waals surface area contributed by atoms with Gasteiger partial charge in [0.25, 0.3) is 5.91 Å². The van der Waals surface area contributed by atoms with E-state index in [9.17, 15) is 4.79 Å². The van der Waals surface area contributed by atoms with E-state index in [4.69, 9.17) is 5.73 Å². The van der Waals surface area contributed by atoms with E-state index in [0.29, 0.717) is 11.5 Å². The van der Waals surface area contributed by atoms with Crippen LogP contribution in [0.15, 0.2) is 6.07 Å². The van der Waals surface area contributed by atoms with Crippen molar-refractivity contribution in [1.82, 2.24) is 14.7 Å². The van der Waals surface area contributed by atoms with Crippen LogP contribution in [-0.2, 0) is 5.54 Å². The highest BCUT2D eigenvalue weighted by Crippen LogP contribution is 2.19. The number of hydrogen-bond acceptors (Lipinski definition) is 3. The minimum Gasteiger partial charge on any atom is -0.384 e. The van der Waals surface area contributed by atoms with Gasteiger partial charge in [-0.3, -0.25) is 4.79 Å². The SMILES string of the molecule is CCCN(CCC)C(=O)c1cc(N)n(C(C)(C)C)n1. The van der Waals surface area contributed by atoms with Crippen molar-refractivity contribution in [2.75, 3.05) is 18.8 Å². The van der Waals surface area contributed by atoms with Crippen LogP contribution >= 0.6 is 0 Å². The van der Waals surface area contributed by atoms with Crippen LogP contribution in [0.4, 0.5) is 5.82 Å². The third kappa shape index (κ3) is 3.72. The predicted molar refractivity (Wildman–Crippen MR) is 78.1 cm³/mol. The van der Waals surface area contributed by atoms with Gasteiger partial charge in [0.1, 0.15) is 5.82 Å². The normalized spacial score (nSPS) is 11.6. The van der Waals surface area contributed by atoms with E-state index < -0.39 is 0 Å². The maximum absolute atomic E-state index is 12.4. The van der Waals surface area contributed by atoms with Gasteiger partial charge >= 0.3 is 0 Å². The molecule has 19 heavy (non-hydrogen) atoms. The minimum atomic E-state index is -0.219. The number of rotatable bonds is 5. The molecule has 1 aromatic heterocycles. The summed E-state index contributed by atoms with van der Waals surface area (Å²) in [5, 5.41) is 4.37. The number of carbonyl (C=O) groups is 1. The zero-order valence-electron chi connectivity index (χ0n) is 12.7. The average Bonchev–Trinajstić information content (AvgIpc) is 2.70. The van der Waals surface area contributed by atoms with Crippen molar-refractivity contribution in [2.45, 2.75) is 53.0 Å². The van der Waals surface area contributed by atoms with Crippen molar-refractivity contribution in [2.24, 2.45) is 0 Å². The van der Waals surface area contributed by atoms with E-state index in [-0.39, 0.29) is 11.4 Å². The van der Waals surface area contributed by atoms with E-state index in [0.717, 1.165) is 25.9 Å². The Morgan fingerprint density at radius 3 is 2.21 bits per heavy atom. The number of nitrogens with zero attached hydrogens (tertiary/aromatic N) is 3. The number of amides is 1. The fraction of sp³-hybridized carbons (Fsp3) is 0.714. The van der Waals surface area contributed by atoms with E-state index in [1.54, 1.807) is 10.7 Å². The number of aromatic nitrogens is 2. The van der Waals surface area contributed by atoms with Gasteiger partial charge in [-0.2, -0.15) is 5.10 Å². The molecule has 0 aromatic carbocycles. The highest BCUT2D eigenvalue weighted by molar-refractivity contribution is 5.93. The van der Waals surface area contributed by atoms with Crippen molar-refractivity contribution >= 4 is 11.7 Å². The Labute approximate surface area is 115 Å². The van der Waals surface area contributed by atoms with Gasteiger partial charge < -0.3 is 10.6 Å². The molecule has 0 fully saturated rings. The summed E-state index contributed by atoms with van der Waals surface area (Å²) in [7, 11) is 0. The lowest BCUT2D eigenvalue weighted by Gasteiger charge is -2.21. The zero-order chi connectivity index (χ0) is 14.6. The molecule has 0 radical (unpaired) electrons. The van der Waals surface area contributed by atoms with Crippen molar-refractivity contribution in [3.05, 3.63) is 11.8 Å². The monoisotopic (exact) mass is 266 g/mol. The van der Waals surface area contributed by atoms with Crippen molar-refractivity contribution in [3.8, 4) is 0 Å². The molecule has 0 saturated carbocycles. The lowest BCUT2D eigenvalue weighted by molar-refractivity contribution is 0.0748. The molecular formula is C14H26N4O. The Balaban J connectivity index is 2.99. The first-order valence-electron chi connectivity index (χ1n) is 6.96. The van der Waals surface area contributed by atoms with E-state index in [1.807, 2.05) is 25.7 Å². The molecule has 0 unspecified atom stereocenters. The first-order valence-corrected chi connectivity index (χ1v) is 6.96. The van der Waals surface area contributed by atoms with E-state index >= 15 is 0 Å². The number of hydrogen-bond donors (Lipinski definition) is 1. The lowest BCUT2D eigenvalue weighted by atomic mass is 10.1. The van der Waals surface area contributed by atoms with Crippen molar-refractivity contribution in [1.29, 1.82) is 0 Å². The molecule has 5 heteroatoms. The number of carbonyl (C=O) groups excluding carboxylic acids is 1. The molecular weight excluding hydrogens is 240 g/mol. The first-order chi connectivity index (χ1) is 8.81. The second kappa shape index (κ2) is 6.08. The van der Waals surface area contributed by atoms with Crippen LogP contribution in [0.2, 0.25) is 0 Å². The van der Waals surface area contributed by atoms with Gasteiger partial charge in [0, 0.05) is 19.2 Å². The van der Waals surface area contributed by atoms with E-state index in [2.05, 4.69) is 18.9 Å². The van der Waals surface area contributed by atoms with Crippen LogP contribution in [0.3, 0.4) is 0 Å². The molecule has 0 spiro atoms. The van der Waals surface area contributed by atoms with Gasteiger partial charge in [-0.15, -0.1) is 0 Å². The number of anilines is 1. The highest BCUT2D eigenvalue weighted by Gasteiger charge is 2.23. The first kappa shape index (κ1) is 15.5. The van der Waals surface area contributed by atoms with Crippen LogP contribution in [0.25, 0.3) is 0 Å². The third-order valence-electron chi connectivity index (χ3n) is 2.87. The number of nitrogens with two attached hydrogens (primary N) is 1. The second-order valence-corrected chi connectivity index (χ2v) is 5.83. The average molecular weight is 266 g/mol. The minimum absolute atomic E-state index is 0.0293. The third-order valence-corrected chi connectivity index (χ3v) is 2.87. The lowest BCUT2D eigenvalue weighted by Crippen LogP contribution is -2.33. The molecule has 1 heterocycles. The Hall–Kier alpha value is -1.52. The summed E-state index contributed by atoms with van der Waals surface area (Å²) in [6.45, 7) is 11.7. The summed E-state index contributed by atoms with van der Waals surface area (Å²) < 4.78 is 1.70. The fourth-order valence-electron chi connectivity index (χ4n) is 2.05. The van der Waals surface area contributed by atoms with E-state index in [1.165, 1.54) is 0 Å². The molecule has 0 aliphatic carbocycles. The second-order valence-electron chi connectivity index (χ2n) is 5.83. The van der Waals surface area contributed by atoms with Crippen LogP contribution in [0.1, 0.15) is 57.9 Å². The number of nitrogen functional groups attached to an aromatic ring is 1.